The van der Waals surface area contributed by atoms with Gasteiger partial charge in [0.2, 0.25) is 0 Å². The standard InChI is InChI=1S/C11H11F5N2O3/c1-2-20-10(19)5-3-7(21-11(14,15)16)8(9(12)13)6(4-17)18-5/h3,9H,2,4,17H2,1H3. The van der Waals surface area contributed by atoms with E-state index in [1.165, 1.54) is 6.92 Å². The maximum atomic E-state index is 12.9. The lowest BCUT2D eigenvalue weighted by Crippen LogP contribution is -2.21. The van der Waals surface area contributed by atoms with Crippen LogP contribution in [0.25, 0.3) is 0 Å². The Morgan fingerprint density at radius 2 is 2.05 bits per heavy atom. The van der Waals surface area contributed by atoms with E-state index in [0.29, 0.717) is 6.07 Å². The van der Waals surface area contributed by atoms with Gasteiger partial charge in [0.1, 0.15) is 5.75 Å². The molecule has 0 saturated heterocycles. The van der Waals surface area contributed by atoms with E-state index in [0.717, 1.165) is 0 Å². The predicted molar refractivity (Wildman–Crippen MR) is 59.7 cm³/mol. The number of carbonyl (C=O) groups excluding carboxylic acids is 1. The number of rotatable bonds is 5. The summed E-state index contributed by atoms with van der Waals surface area (Å²) < 4.78 is 70.6. The number of nitrogens with zero attached hydrogens (tertiary/aromatic N) is 1. The summed E-state index contributed by atoms with van der Waals surface area (Å²) in [4.78, 5) is 15.0. The molecule has 0 spiro atoms. The van der Waals surface area contributed by atoms with Crippen molar-refractivity contribution in [1.82, 2.24) is 4.98 Å². The van der Waals surface area contributed by atoms with E-state index < -0.39 is 48.0 Å². The van der Waals surface area contributed by atoms with E-state index in [1.54, 1.807) is 0 Å². The Labute approximate surface area is 115 Å². The van der Waals surface area contributed by atoms with Crippen molar-refractivity contribution in [3.05, 3.63) is 23.0 Å². The summed E-state index contributed by atoms with van der Waals surface area (Å²) in [7, 11) is 0. The molecule has 1 aromatic heterocycles. The van der Waals surface area contributed by atoms with Gasteiger partial charge in [0.05, 0.1) is 17.9 Å². The molecule has 0 unspecified atom stereocenters. The Bertz CT molecular complexity index is 519. The summed E-state index contributed by atoms with van der Waals surface area (Å²) in [5.41, 5.74) is 2.90. The summed E-state index contributed by atoms with van der Waals surface area (Å²) >= 11 is 0. The highest BCUT2D eigenvalue weighted by Gasteiger charge is 2.35. The molecule has 0 atom stereocenters. The molecule has 10 heteroatoms. The Morgan fingerprint density at radius 3 is 2.48 bits per heavy atom. The third-order valence-electron chi connectivity index (χ3n) is 2.22. The molecule has 0 aromatic carbocycles. The lowest BCUT2D eigenvalue weighted by molar-refractivity contribution is -0.275. The number of hydrogen-bond acceptors (Lipinski definition) is 5. The third-order valence-corrected chi connectivity index (χ3v) is 2.22. The van der Waals surface area contributed by atoms with E-state index in [1.807, 2.05) is 0 Å². The first-order valence-corrected chi connectivity index (χ1v) is 5.64. The Hall–Kier alpha value is -1.97. The van der Waals surface area contributed by atoms with E-state index >= 15 is 0 Å². The summed E-state index contributed by atoms with van der Waals surface area (Å²) in [6, 6.07) is 0.451. The smallest absolute Gasteiger partial charge is 0.461 e. The second-order valence-electron chi connectivity index (χ2n) is 3.64. The molecule has 21 heavy (non-hydrogen) atoms. The van der Waals surface area contributed by atoms with E-state index in [-0.39, 0.29) is 6.61 Å². The fourth-order valence-electron chi connectivity index (χ4n) is 1.49. The number of nitrogens with two attached hydrogens (primary N) is 1. The minimum atomic E-state index is -5.21. The SMILES string of the molecule is CCOC(=O)c1cc(OC(F)(F)F)c(C(F)F)c(CN)n1. The summed E-state index contributed by atoms with van der Waals surface area (Å²) in [5.74, 6) is -2.30. The number of halogens is 5. The summed E-state index contributed by atoms with van der Waals surface area (Å²) in [6.07, 6.45) is -8.51. The van der Waals surface area contributed by atoms with Gasteiger partial charge in [-0.3, -0.25) is 0 Å². The van der Waals surface area contributed by atoms with Crippen molar-refractivity contribution in [2.75, 3.05) is 6.61 Å². The minimum absolute atomic E-state index is 0.0649. The zero-order chi connectivity index (χ0) is 16.2. The number of carbonyl (C=O) groups is 1. The van der Waals surface area contributed by atoms with E-state index in [9.17, 15) is 26.7 Å². The van der Waals surface area contributed by atoms with Gasteiger partial charge in [0, 0.05) is 12.6 Å². The van der Waals surface area contributed by atoms with Crippen molar-refractivity contribution in [2.45, 2.75) is 26.3 Å². The number of alkyl halides is 5. The first-order valence-electron chi connectivity index (χ1n) is 5.64. The van der Waals surface area contributed by atoms with Crippen molar-refractivity contribution in [3.63, 3.8) is 0 Å². The van der Waals surface area contributed by atoms with Crippen molar-refractivity contribution in [1.29, 1.82) is 0 Å². The molecule has 1 aromatic rings. The van der Waals surface area contributed by atoms with Crippen LogP contribution in [0.3, 0.4) is 0 Å². The van der Waals surface area contributed by atoms with Crippen LogP contribution >= 0.6 is 0 Å². The molecular weight excluding hydrogens is 303 g/mol. The monoisotopic (exact) mass is 314 g/mol. The Balaban J connectivity index is 3.40. The van der Waals surface area contributed by atoms with E-state index in [2.05, 4.69) is 14.5 Å². The van der Waals surface area contributed by atoms with Gasteiger partial charge in [-0.25, -0.2) is 18.6 Å². The molecule has 5 nitrogen and oxygen atoms in total. The lowest BCUT2D eigenvalue weighted by Gasteiger charge is -2.16. The van der Waals surface area contributed by atoms with Gasteiger partial charge in [0.15, 0.2) is 5.69 Å². The van der Waals surface area contributed by atoms with Gasteiger partial charge in [-0.2, -0.15) is 0 Å². The zero-order valence-corrected chi connectivity index (χ0v) is 10.7. The van der Waals surface area contributed by atoms with Crippen molar-refractivity contribution >= 4 is 5.97 Å². The van der Waals surface area contributed by atoms with Crippen LogP contribution in [0.5, 0.6) is 5.75 Å². The van der Waals surface area contributed by atoms with Crippen molar-refractivity contribution in [3.8, 4) is 5.75 Å². The molecule has 0 amide bonds. The maximum Gasteiger partial charge on any atom is 0.573 e. The second kappa shape index (κ2) is 6.66. The number of pyridine rings is 1. The molecule has 0 aliphatic rings. The minimum Gasteiger partial charge on any atom is -0.461 e. The van der Waals surface area contributed by atoms with Gasteiger partial charge in [-0.1, -0.05) is 0 Å². The van der Waals surface area contributed by atoms with Crippen LogP contribution in [0.1, 0.15) is 35.1 Å². The Morgan fingerprint density at radius 1 is 1.43 bits per heavy atom. The van der Waals surface area contributed by atoms with Crippen LogP contribution in [-0.4, -0.2) is 23.9 Å². The fraction of sp³-hybridized carbons (Fsp3) is 0.455. The topological polar surface area (TPSA) is 74.4 Å². The highest BCUT2D eigenvalue weighted by Crippen LogP contribution is 2.35. The number of aromatic nitrogens is 1. The van der Waals surface area contributed by atoms with Crippen LogP contribution in [0.2, 0.25) is 0 Å². The lowest BCUT2D eigenvalue weighted by atomic mass is 10.1. The zero-order valence-electron chi connectivity index (χ0n) is 10.7. The van der Waals surface area contributed by atoms with Crippen molar-refractivity contribution < 1.29 is 36.2 Å². The predicted octanol–water partition coefficient (Wildman–Crippen LogP) is 2.55. The van der Waals surface area contributed by atoms with Gasteiger partial charge >= 0.3 is 12.3 Å². The molecule has 0 aliphatic carbocycles. The fourth-order valence-corrected chi connectivity index (χ4v) is 1.49. The molecule has 1 heterocycles. The highest BCUT2D eigenvalue weighted by atomic mass is 19.4. The van der Waals surface area contributed by atoms with E-state index in [4.69, 9.17) is 5.73 Å². The molecule has 0 radical (unpaired) electrons. The Kier molecular flexibility index (Phi) is 5.41. The van der Waals surface area contributed by atoms with Crippen LogP contribution in [0, 0.1) is 0 Å². The first-order chi connectivity index (χ1) is 9.69. The van der Waals surface area contributed by atoms with Crippen LogP contribution < -0.4 is 10.5 Å². The quantitative estimate of drug-likeness (QED) is 0.668. The molecule has 0 saturated carbocycles. The second-order valence-corrected chi connectivity index (χ2v) is 3.64. The molecule has 1 rings (SSSR count). The normalized spacial score (nSPS) is 11.6. The van der Waals surface area contributed by atoms with Gasteiger partial charge < -0.3 is 15.2 Å². The number of ether oxygens (including phenoxy) is 2. The molecule has 2 N–H and O–H groups in total. The number of esters is 1. The third kappa shape index (κ3) is 4.52. The van der Waals surface area contributed by atoms with Gasteiger partial charge in [-0.15, -0.1) is 13.2 Å². The van der Waals surface area contributed by atoms with Gasteiger partial charge in [0.25, 0.3) is 6.43 Å². The van der Waals surface area contributed by atoms with Crippen LogP contribution in [-0.2, 0) is 11.3 Å². The molecule has 118 valence electrons. The largest absolute Gasteiger partial charge is 0.573 e. The molecule has 0 aliphatic heterocycles. The molecule has 0 fully saturated rings. The average molecular weight is 314 g/mol. The summed E-state index contributed by atoms with van der Waals surface area (Å²) in [5, 5.41) is 0. The molecule has 0 bridgehead atoms. The number of hydrogen-bond donors (Lipinski definition) is 1. The van der Waals surface area contributed by atoms with Crippen LogP contribution in [0.4, 0.5) is 22.0 Å². The highest BCUT2D eigenvalue weighted by molar-refractivity contribution is 5.88. The van der Waals surface area contributed by atoms with Crippen molar-refractivity contribution in [2.24, 2.45) is 5.73 Å². The first kappa shape index (κ1) is 17.1. The average Bonchev–Trinajstić information content (AvgIpc) is 2.35. The maximum absolute atomic E-state index is 12.9. The summed E-state index contributed by atoms with van der Waals surface area (Å²) in [6.45, 7) is 0.800. The van der Waals surface area contributed by atoms with Crippen LogP contribution in [0.15, 0.2) is 6.07 Å². The molecular formula is C11H11F5N2O3. The van der Waals surface area contributed by atoms with Gasteiger partial charge in [-0.05, 0) is 6.92 Å².